The molecule has 0 spiro atoms. The van der Waals surface area contributed by atoms with Gasteiger partial charge in [0.1, 0.15) is 0 Å². The summed E-state index contributed by atoms with van der Waals surface area (Å²) in [7, 11) is 0. The van der Waals surface area contributed by atoms with Crippen LogP contribution in [0.4, 0.5) is 22.0 Å². The molecule has 0 saturated heterocycles. The number of alkyl halides is 5. The maximum atomic E-state index is 12.7. The van der Waals surface area contributed by atoms with Crippen molar-refractivity contribution >= 4 is 0 Å². The number of nitrogens with zero attached hydrogens (tertiary/aromatic N) is 2. The molecule has 0 bridgehead atoms. The van der Waals surface area contributed by atoms with Crippen LogP contribution in [-0.2, 0) is 19.1 Å². The summed E-state index contributed by atoms with van der Waals surface area (Å²) in [5.41, 5.74) is 1.65. The van der Waals surface area contributed by atoms with E-state index in [1.165, 1.54) is 6.07 Å². The van der Waals surface area contributed by atoms with Crippen molar-refractivity contribution in [3.05, 3.63) is 28.6 Å². The molecule has 1 aromatic heterocycles. The predicted molar refractivity (Wildman–Crippen MR) is 51.4 cm³/mol. The number of hydrogen-bond acceptors (Lipinski definition) is 3. The fraction of sp³-hybridized carbons (Fsp3) is 0.400. The molecule has 0 radical (unpaired) electrons. The number of halogens is 5. The van der Waals surface area contributed by atoms with Gasteiger partial charge in [-0.15, -0.1) is 0 Å². The number of hydrogen-bond donors (Lipinski definition) is 1. The molecule has 1 heterocycles. The minimum Gasteiger partial charge on any atom is -0.325 e. The molecule has 2 N–H and O–H groups in total. The maximum absolute atomic E-state index is 12.7. The van der Waals surface area contributed by atoms with Crippen LogP contribution in [0.1, 0.15) is 28.9 Å². The third kappa shape index (κ3) is 2.92. The first kappa shape index (κ1) is 14.3. The van der Waals surface area contributed by atoms with Crippen LogP contribution in [0.3, 0.4) is 0 Å². The van der Waals surface area contributed by atoms with E-state index >= 15 is 0 Å². The number of aromatic nitrogens is 1. The molecule has 1 aromatic rings. The molecule has 0 fully saturated rings. The summed E-state index contributed by atoms with van der Waals surface area (Å²) < 4.78 is 63.3. The van der Waals surface area contributed by atoms with E-state index in [1.807, 2.05) is 0 Å². The van der Waals surface area contributed by atoms with Gasteiger partial charge in [-0.2, -0.15) is 18.4 Å². The molecule has 3 nitrogen and oxygen atoms in total. The lowest BCUT2D eigenvalue weighted by molar-refractivity contribution is -0.143. The Morgan fingerprint density at radius 3 is 2.39 bits per heavy atom. The third-order valence-corrected chi connectivity index (χ3v) is 2.16. The van der Waals surface area contributed by atoms with Crippen LogP contribution >= 0.6 is 0 Å². The standard InChI is InChI=1S/C10H8F5N3/c11-9(12)7-5(1-2-16)3-6(4-17)18-8(7)10(13,14)15/h3,9H,1,4,17H2. The molecule has 0 aromatic carbocycles. The second-order valence-electron chi connectivity index (χ2n) is 3.37. The monoisotopic (exact) mass is 265 g/mol. The molecule has 0 amide bonds. The zero-order valence-corrected chi connectivity index (χ0v) is 8.93. The van der Waals surface area contributed by atoms with E-state index in [0.29, 0.717) is 0 Å². The predicted octanol–water partition coefficient (Wildman–Crippen LogP) is 2.56. The van der Waals surface area contributed by atoms with Crippen molar-refractivity contribution in [3.8, 4) is 6.07 Å². The number of rotatable bonds is 3. The van der Waals surface area contributed by atoms with Crippen molar-refractivity contribution in [1.82, 2.24) is 4.98 Å². The SMILES string of the molecule is N#CCc1cc(CN)nc(C(F)(F)F)c1C(F)F. The van der Waals surface area contributed by atoms with Crippen LogP contribution in [0.15, 0.2) is 6.07 Å². The molecule has 0 aliphatic carbocycles. The fourth-order valence-electron chi connectivity index (χ4n) is 1.46. The lowest BCUT2D eigenvalue weighted by Crippen LogP contribution is -2.17. The van der Waals surface area contributed by atoms with Gasteiger partial charge in [-0.25, -0.2) is 13.8 Å². The van der Waals surface area contributed by atoms with E-state index in [0.717, 1.165) is 6.07 Å². The second-order valence-corrected chi connectivity index (χ2v) is 3.37. The summed E-state index contributed by atoms with van der Waals surface area (Å²) in [4.78, 5) is 3.09. The first-order chi connectivity index (χ1) is 8.31. The summed E-state index contributed by atoms with van der Waals surface area (Å²) in [6.07, 6.45) is -8.93. The average molecular weight is 265 g/mol. The zero-order valence-electron chi connectivity index (χ0n) is 8.93. The Bertz CT molecular complexity index is 476. The van der Waals surface area contributed by atoms with E-state index in [2.05, 4.69) is 4.98 Å². The smallest absolute Gasteiger partial charge is 0.325 e. The number of pyridine rings is 1. The summed E-state index contributed by atoms with van der Waals surface area (Å²) in [6, 6.07) is 2.54. The molecule has 98 valence electrons. The minimum absolute atomic E-state index is 0.183. The zero-order chi connectivity index (χ0) is 13.9. The Kier molecular flexibility index (Phi) is 4.19. The van der Waals surface area contributed by atoms with E-state index in [4.69, 9.17) is 11.0 Å². The van der Waals surface area contributed by atoms with Gasteiger partial charge < -0.3 is 5.73 Å². The molecule has 1 rings (SSSR count). The molecular weight excluding hydrogens is 257 g/mol. The summed E-state index contributed by atoms with van der Waals surface area (Å²) >= 11 is 0. The number of nitriles is 1. The maximum Gasteiger partial charge on any atom is 0.433 e. The highest BCUT2D eigenvalue weighted by atomic mass is 19.4. The number of nitrogens with two attached hydrogens (primary N) is 1. The Balaban J connectivity index is 3.56. The Hall–Kier alpha value is -1.75. The molecule has 0 atom stereocenters. The molecule has 0 aliphatic heterocycles. The van der Waals surface area contributed by atoms with E-state index < -0.39 is 35.8 Å². The van der Waals surface area contributed by atoms with Crippen molar-refractivity contribution < 1.29 is 22.0 Å². The van der Waals surface area contributed by atoms with E-state index in [9.17, 15) is 22.0 Å². The van der Waals surface area contributed by atoms with Crippen LogP contribution < -0.4 is 5.73 Å². The van der Waals surface area contributed by atoms with E-state index in [1.54, 1.807) is 0 Å². The summed E-state index contributed by atoms with van der Waals surface area (Å²) in [5, 5.41) is 8.46. The molecule has 0 aliphatic rings. The van der Waals surface area contributed by atoms with Gasteiger partial charge in [0.15, 0.2) is 5.69 Å². The fourth-order valence-corrected chi connectivity index (χ4v) is 1.46. The quantitative estimate of drug-likeness (QED) is 0.854. The van der Waals surface area contributed by atoms with Gasteiger partial charge in [-0.1, -0.05) is 0 Å². The van der Waals surface area contributed by atoms with Crippen molar-refractivity contribution in [3.63, 3.8) is 0 Å². The molecule has 18 heavy (non-hydrogen) atoms. The van der Waals surface area contributed by atoms with Crippen molar-refractivity contribution in [2.75, 3.05) is 0 Å². The topological polar surface area (TPSA) is 62.7 Å². The van der Waals surface area contributed by atoms with Gasteiger partial charge in [0.05, 0.1) is 23.7 Å². The highest BCUT2D eigenvalue weighted by molar-refractivity contribution is 5.37. The summed E-state index contributed by atoms with van der Waals surface area (Å²) in [6.45, 7) is -0.328. The van der Waals surface area contributed by atoms with Crippen molar-refractivity contribution in [2.24, 2.45) is 5.73 Å². The Morgan fingerprint density at radius 2 is 2.00 bits per heavy atom. The summed E-state index contributed by atoms with van der Waals surface area (Å²) in [5.74, 6) is 0. The highest BCUT2D eigenvalue weighted by Gasteiger charge is 2.39. The largest absolute Gasteiger partial charge is 0.433 e. The van der Waals surface area contributed by atoms with Crippen LogP contribution in [0.25, 0.3) is 0 Å². The Morgan fingerprint density at radius 1 is 1.39 bits per heavy atom. The lowest BCUT2D eigenvalue weighted by Gasteiger charge is -2.15. The molecule has 0 saturated carbocycles. The Labute approximate surface area is 99.0 Å². The van der Waals surface area contributed by atoms with Crippen LogP contribution in [0.5, 0.6) is 0 Å². The highest BCUT2D eigenvalue weighted by Crippen LogP contribution is 2.37. The molecule has 0 unspecified atom stereocenters. The molecule has 8 heteroatoms. The van der Waals surface area contributed by atoms with Gasteiger partial charge in [0.25, 0.3) is 6.43 Å². The first-order valence-electron chi connectivity index (χ1n) is 4.76. The van der Waals surface area contributed by atoms with Crippen molar-refractivity contribution in [2.45, 2.75) is 25.6 Å². The van der Waals surface area contributed by atoms with Gasteiger partial charge in [0, 0.05) is 6.54 Å². The van der Waals surface area contributed by atoms with Gasteiger partial charge in [0.2, 0.25) is 0 Å². The minimum atomic E-state index is -5.01. The van der Waals surface area contributed by atoms with Crippen molar-refractivity contribution in [1.29, 1.82) is 5.26 Å². The first-order valence-corrected chi connectivity index (χ1v) is 4.76. The van der Waals surface area contributed by atoms with Crippen LogP contribution in [-0.4, -0.2) is 4.98 Å². The van der Waals surface area contributed by atoms with Gasteiger partial charge >= 0.3 is 6.18 Å². The van der Waals surface area contributed by atoms with Gasteiger partial charge in [-0.05, 0) is 11.6 Å². The van der Waals surface area contributed by atoms with Crippen LogP contribution in [0, 0.1) is 11.3 Å². The normalized spacial score (nSPS) is 11.7. The van der Waals surface area contributed by atoms with Crippen LogP contribution in [0.2, 0.25) is 0 Å². The molecular formula is C10H8F5N3. The van der Waals surface area contributed by atoms with E-state index in [-0.39, 0.29) is 12.2 Å². The second kappa shape index (κ2) is 5.27. The third-order valence-electron chi connectivity index (χ3n) is 2.16. The lowest BCUT2D eigenvalue weighted by atomic mass is 10.0. The average Bonchev–Trinajstić information content (AvgIpc) is 2.26. The van der Waals surface area contributed by atoms with Gasteiger partial charge in [-0.3, -0.25) is 0 Å².